The van der Waals surface area contributed by atoms with E-state index in [1.165, 1.54) is 6.07 Å². The third kappa shape index (κ3) is 5.31. The summed E-state index contributed by atoms with van der Waals surface area (Å²) in [4.78, 5) is 28.2. The van der Waals surface area contributed by atoms with Crippen LogP contribution in [0.4, 0.5) is 18.9 Å². The Morgan fingerprint density at radius 2 is 1.60 bits per heavy atom. The Labute approximate surface area is 173 Å². The Hall–Kier alpha value is -3.03. The van der Waals surface area contributed by atoms with E-state index in [1.807, 2.05) is 24.8 Å². The lowest BCUT2D eigenvalue weighted by molar-refractivity contribution is -0.137. The lowest BCUT2D eigenvalue weighted by Gasteiger charge is -2.36. The highest BCUT2D eigenvalue weighted by atomic mass is 19.4. The van der Waals surface area contributed by atoms with Gasteiger partial charge in [0.2, 0.25) is 5.91 Å². The standard InChI is InChI=1S/C22H24F3N3O2/c1-15-10-16(2)12-17(11-15)21(30)26-14-20(29)28-8-6-27(7-9-28)19-5-3-4-18(13-19)22(23,24)25/h3-5,10-13H,6-9,14H2,1-2H3,(H,26,30). The molecule has 1 aliphatic heterocycles. The Morgan fingerprint density at radius 3 is 2.20 bits per heavy atom. The van der Waals surface area contributed by atoms with Gasteiger partial charge in [0.25, 0.3) is 5.91 Å². The number of amides is 2. The number of hydrogen-bond donors (Lipinski definition) is 1. The maximum absolute atomic E-state index is 12.9. The fourth-order valence-corrected chi connectivity index (χ4v) is 3.57. The van der Waals surface area contributed by atoms with E-state index < -0.39 is 11.7 Å². The van der Waals surface area contributed by atoms with Crippen molar-refractivity contribution in [2.24, 2.45) is 0 Å². The van der Waals surface area contributed by atoms with E-state index in [9.17, 15) is 22.8 Å². The zero-order chi connectivity index (χ0) is 21.9. The zero-order valence-corrected chi connectivity index (χ0v) is 16.9. The summed E-state index contributed by atoms with van der Waals surface area (Å²) in [5.41, 5.74) is 2.25. The fraction of sp³-hybridized carbons (Fsp3) is 0.364. The molecule has 160 valence electrons. The molecule has 0 bridgehead atoms. The van der Waals surface area contributed by atoms with Gasteiger partial charge < -0.3 is 15.1 Å². The van der Waals surface area contributed by atoms with Crippen LogP contribution in [-0.2, 0) is 11.0 Å². The number of alkyl halides is 3. The molecule has 0 aromatic heterocycles. The maximum Gasteiger partial charge on any atom is 0.416 e. The molecule has 1 saturated heterocycles. The molecule has 5 nitrogen and oxygen atoms in total. The van der Waals surface area contributed by atoms with Crippen LogP contribution in [0.2, 0.25) is 0 Å². The lowest BCUT2D eigenvalue weighted by Crippen LogP contribution is -2.51. The van der Waals surface area contributed by atoms with Crippen molar-refractivity contribution >= 4 is 17.5 Å². The normalized spacial score (nSPS) is 14.6. The maximum atomic E-state index is 12.9. The van der Waals surface area contributed by atoms with Crippen LogP contribution in [0.3, 0.4) is 0 Å². The van der Waals surface area contributed by atoms with Crippen molar-refractivity contribution in [2.45, 2.75) is 20.0 Å². The summed E-state index contributed by atoms with van der Waals surface area (Å²) in [5.74, 6) is -0.519. The van der Waals surface area contributed by atoms with Crippen LogP contribution in [0, 0.1) is 13.8 Å². The number of rotatable bonds is 4. The summed E-state index contributed by atoms with van der Waals surface area (Å²) >= 11 is 0. The van der Waals surface area contributed by atoms with Gasteiger partial charge in [0.05, 0.1) is 12.1 Å². The highest BCUT2D eigenvalue weighted by molar-refractivity contribution is 5.96. The zero-order valence-electron chi connectivity index (χ0n) is 16.9. The van der Waals surface area contributed by atoms with E-state index in [0.29, 0.717) is 37.4 Å². The van der Waals surface area contributed by atoms with E-state index in [1.54, 1.807) is 23.1 Å². The fourth-order valence-electron chi connectivity index (χ4n) is 3.57. The van der Waals surface area contributed by atoms with Gasteiger partial charge >= 0.3 is 6.18 Å². The van der Waals surface area contributed by atoms with E-state index in [-0.39, 0.29) is 18.4 Å². The molecule has 0 aliphatic carbocycles. The monoisotopic (exact) mass is 419 g/mol. The lowest BCUT2D eigenvalue weighted by atomic mass is 10.1. The topological polar surface area (TPSA) is 52.7 Å². The molecule has 1 heterocycles. The average molecular weight is 419 g/mol. The first-order valence-corrected chi connectivity index (χ1v) is 9.70. The molecule has 2 amide bonds. The Bertz CT molecular complexity index is 915. The molecule has 1 aliphatic rings. The molecular formula is C22H24F3N3O2. The molecule has 0 unspecified atom stereocenters. The minimum absolute atomic E-state index is 0.116. The first-order chi connectivity index (χ1) is 14.1. The van der Waals surface area contributed by atoms with Crippen molar-refractivity contribution in [3.63, 3.8) is 0 Å². The number of nitrogens with zero attached hydrogens (tertiary/aromatic N) is 2. The summed E-state index contributed by atoms with van der Waals surface area (Å²) in [6, 6.07) is 10.7. The number of halogens is 3. The SMILES string of the molecule is Cc1cc(C)cc(C(=O)NCC(=O)N2CCN(c3cccc(C(F)(F)F)c3)CC2)c1. The summed E-state index contributed by atoms with van der Waals surface area (Å²) in [7, 11) is 0. The van der Waals surface area contributed by atoms with Crippen LogP contribution in [0.1, 0.15) is 27.0 Å². The van der Waals surface area contributed by atoms with E-state index in [0.717, 1.165) is 23.3 Å². The molecule has 1 fully saturated rings. The quantitative estimate of drug-likeness (QED) is 0.827. The number of hydrogen-bond acceptors (Lipinski definition) is 3. The Morgan fingerprint density at radius 1 is 0.967 bits per heavy atom. The largest absolute Gasteiger partial charge is 0.416 e. The molecule has 3 rings (SSSR count). The summed E-state index contributed by atoms with van der Waals surface area (Å²) in [5, 5.41) is 2.65. The second kappa shape index (κ2) is 8.77. The Kier molecular flexibility index (Phi) is 6.34. The van der Waals surface area contributed by atoms with E-state index in [4.69, 9.17) is 0 Å². The molecule has 2 aromatic carbocycles. The highest BCUT2D eigenvalue weighted by Crippen LogP contribution is 2.31. The number of nitrogens with one attached hydrogen (secondary N) is 1. The van der Waals surface area contributed by atoms with Crippen molar-refractivity contribution < 1.29 is 22.8 Å². The van der Waals surface area contributed by atoms with Crippen LogP contribution in [-0.4, -0.2) is 49.4 Å². The van der Waals surface area contributed by atoms with Crippen LogP contribution in [0.15, 0.2) is 42.5 Å². The van der Waals surface area contributed by atoms with Crippen LogP contribution in [0.25, 0.3) is 0 Å². The Balaban J connectivity index is 1.52. The van der Waals surface area contributed by atoms with Crippen LogP contribution >= 0.6 is 0 Å². The first kappa shape index (κ1) is 21.7. The molecule has 30 heavy (non-hydrogen) atoms. The summed E-state index contributed by atoms with van der Waals surface area (Å²) in [6.45, 7) is 5.31. The number of anilines is 1. The average Bonchev–Trinajstić information content (AvgIpc) is 2.70. The predicted octanol–water partition coefficient (Wildman–Crippen LogP) is 3.40. The molecule has 0 radical (unpaired) electrons. The molecular weight excluding hydrogens is 395 g/mol. The number of piperazine rings is 1. The second-order valence-corrected chi connectivity index (χ2v) is 7.47. The van der Waals surface area contributed by atoms with Crippen LogP contribution in [0.5, 0.6) is 0 Å². The molecule has 0 atom stereocenters. The van der Waals surface area contributed by atoms with Gasteiger partial charge in [-0.05, 0) is 44.2 Å². The van der Waals surface area contributed by atoms with Gasteiger partial charge in [-0.15, -0.1) is 0 Å². The van der Waals surface area contributed by atoms with Gasteiger partial charge in [0, 0.05) is 37.4 Å². The summed E-state index contributed by atoms with van der Waals surface area (Å²) < 4.78 is 38.7. The number of carbonyl (C=O) groups is 2. The second-order valence-electron chi connectivity index (χ2n) is 7.47. The van der Waals surface area contributed by atoms with Gasteiger partial charge in [-0.25, -0.2) is 0 Å². The minimum atomic E-state index is -4.39. The van der Waals surface area contributed by atoms with Gasteiger partial charge in [-0.3, -0.25) is 9.59 Å². The molecule has 0 spiro atoms. The minimum Gasteiger partial charge on any atom is -0.368 e. The van der Waals surface area contributed by atoms with Crippen LogP contribution < -0.4 is 10.2 Å². The van der Waals surface area contributed by atoms with E-state index >= 15 is 0 Å². The first-order valence-electron chi connectivity index (χ1n) is 9.70. The number of carbonyl (C=O) groups excluding carboxylic acids is 2. The van der Waals surface area contributed by atoms with Gasteiger partial charge in [0.15, 0.2) is 0 Å². The molecule has 0 saturated carbocycles. The summed E-state index contributed by atoms with van der Waals surface area (Å²) in [6.07, 6.45) is -4.39. The van der Waals surface area contributed by atoms with Crippen molar-refractivity contribution in [2.75, 3.05) is 37.6 Å². The van der Waals surface area contributed by atoms with Gasteiger partial charge in [-0.2, -0.15) is 13.2 Å². The molecule has 1 N–H and O–H groups in total. The predicted molar refractivity (Wildman–Crippen MR) is 108 cm³/mol. The molecule has 8 heteroatoms. The highest BCUT2D eigenvalue weighted by Gasteiger charge is 2.31. The van der Waals surface area contributed by atoms with Gasteiger partial charge in [-0.1, -0.05) is 23.3 Å². The molecule has 2 aromatic rings. The van der Waals surface area contributed by atoms with E-state index in [2.05, 4.69) is 5.32 Å². The smallest absolute Gasteiger partial charge is 0.368 e. The number of aryl methyl sites for hydroxylation is 2. The van der Waals surface area contributed by atoms with Crippen molar-refractivity contribution in [1.82, 2.24) is 10.2 Å². The van der Waals surface area contributed by atoms with Crippen molar-refractivity contribution in [3.05, 3.63) is 64.7 Å². The van der Waals surface area contributed by atoms with Crippen molar-refractivity contribution in [1.29, 1.82) is 0 Å². The third-order valence-corrected chi connectivity index (χ3v) is 5.06. The number of benzene rings is 2. The van der Waals surface area contributed by atoms with Crippen molar-refractivity contribution in [3.8, 4) is 0 Å². The van der Waals surface area contributed by atoms with Gasteiger partial charge in [0.1, 0.15) is 0 Å². The third-order valence-electron chi connectivity index (χ3n) is 5.06.